The number of allylic oxidation sites excluding steroid dienone is 2. The number of phenols is 2. The van der Waals surface area contributed by atoms with Crippen LogP contribution >= 0.6 is 0 Å². The standard InChI is InChI=1S/C23H27NO5/c1-21(8-7-18(28)24-19-14(25)4-3-5-15(19)26)17(27)6-9-23-11-13-10-16(20(21)23)29-22(13,2)12-23/h3-6,9,13,16,20,25-26H,7-8,10-12H2,1-2H3,(H,24,28)/t13-,16+,20+,21-,22+,23+/m0/s1. The zero-order valence-corrected chi connectivity index (χ0v) is 16.8. The van der Waals surface area contributed by atoms with Gasteiger partial charge in [0, 0.05) is 17.8 Å². The van der Waals surface area contributed by atoms with E-state index in [4.69, 9.17) is 4.74 Å². The maximum absolute atomic E-state index is 13.0. The number of para-hydroxylation sites is 1. The van der Waals surface area contributed by atoms with Crippen molar-refractivity contribution in [2.45, 2.75) is 57.7 Å². The number of ether oxygens (including phenoxy) is 1. The lowest BCUT2D eigenvalue weighted by Crippen LogP contribution is -2.56. The molecule has 6 nitrogen and oxygen atoms in total. The molecule has 2 saturated heterocycles. The van der Waals surface area contributed by atoms with E-state index < -0.39 is 5.41 Å². The summed E-state index contributed by atoms with van der Waals surface area (Å²) in [6.45, 7) is 4.18. The molecule has 6 heteroatoms. The summed E-state index contributed by atoms with van der Waals surface area (Å²) in [5.74, 6) is -0.00475. The van der Waals surface area contributed by atoms with Gasteiger partial charge in [0.25, 0.3) is 0 Å². The summed E-state index contributed by atoms with van der Waals surface area (Å²) in [6, 6.07) is 4.30. The minimum Gasteiger partial charge on any atom is -0.506 e. The molecule has 3 N–H and O–H groups in total. The molecule has 6 rings (SSSR count). The number of aromatic hydroxyl groups is 2. The van der Waals surface area contributed by atoms with E-state index in [0.717, 1.165) is 19.3 Å². The Morgan fingerprint density at radius 3 is 2.69 bits per heavy atom. The number of hydrogen-bond donors (Lipinski definition) is 3. The molecule has 2 heterocycles. The van der Waals surface area contributed by atoms with Gasteiger partial charge in [-0.05, 0) is 62.1 Å². The smallest absolute Gasteiger partial charge is 0.224 e. The normalized spacial score (nSPS) is 41.6. The predicted octanol–water partition coefficient (Wildman–Crippen LogP) is 3.54. The number of carbonyl (C=O) groups excluding carboxylic acids is 2. The third-order valence-corrected chi connectivity index (χ3v) is 8.07. The second kappa shape index (κ2) is 5.85. The van der Waals surface area contributed by atoms with Gasteiger partial charge in [-0.15, -0.1) is 0 Å². The number of nitrogens with one attached hydrogen (secondary N) is 1. The quantitative estimate of drug-likeness (QED) is 0.676. The number of carbonyl (C=O) groups is 2. The monoisotopic (exact) mass is 397 g/mol. The molecule has 2 aliphatic heterocycles. The Morgan fingerprint density at radius 2 is 2.00 bits per heavy atom. The molecule has 0 unspecified atom stereocenters. The minimum absolute atomic E-state index is 0.00313. The first-order chi connectivity index (χ1) is 13.7. The second-order valence-electron chi connectivity index (χ2n) is 9.83. The molecule has 1 aromatic rings. The number of benzene rings is 1. The first-order valence-electron chi connectivity index (χ1n) is 10.4. The second-order valence-corrected chi connectivity index (χ2v) is 9.83. The van der Waals surface area contributed by atoms with E-state index in [1.165, 1.54) is 18.2 Å². The SMILES string of the molecule is C[C@@]12C[C@]34C=CC(=O)[C@](C)(CCC(=O)Nc5c(O)cccc5O)[C@H]3[C@@H](C[C@H]1C4)O2. The van der Waals surface area contributed by atoms with Gasteiger partial charge in [-0.25, -0.2) is 0 Å². The Balaban J connectivity index is 1.36. The van der Waals surface area contributed by atoms with Crippen molar-refractivity contribution in [1.29, 1.82) is 0 Å². The highest BCUT2D eigenvalue weighted by Gasteiger charge is 2.71. The van der Waals surface area contributed by atoms with Crippen molar-refractivity contribution in [3.8, 4) is 11.5 Å². The van der Waals surface area contributed by atoms with Gasteiger partial charge in [-0.1, -0.05) is 19.1 Å². The van der Waals surface area contributed by atoms with Gasteiger partial charge in [0.2, 0.25) is 5.91 Å². The van der Waals surface area contributed by atoms with Crippen LogP contribution in [0.1, 0.15) is 46.0 Å². The fourth-order valence-electron chi connectivity index (χ4n) is 6.87. The van der Waals surface area contributed by atoms with Crippen molar-refractivity contribution in [3.63, 3.8) is 0 Å². The molecule has 2 saturated carbocycles. The summed E-state index contributed by atoms with van der Waals surface area (Å²) in [5, 5.41) is 22.4. The molecule has 3 aliphatic carbocycles. The zero-order chi connectivity index (χ0) is 20.6. The Labute approximate surface area is 169 Å². The molecular weight excluding hydrogens is 370 g/mol. The molecule has 1 spiro atoms. The summed E-state index contributed by atoms with van der Waals surface area (Å²) in [6.07, 6.45) is 7.47. The van der Waals surface area contributed by atoms with Crippen LogP contribution in [0.25, 0.3) is 0 Å². The van der Waals surface area contributed by atoms with Crippen LogP contribution < -0.4 is 5.32 Å². The maximum Gasteiger partial charge on any atom is 0.224 e. The van der Waals surface area contributed by atoms with Crippen LogP contribution in [-0.2, 0) is 14.3 Å². The third kappa shape index (κ3) is 2.51. The topological polar surface area (TPSA) is 95.9 Å². The van der Waals surface area contributed by atoms with E-state index in [9.17, 15) is 19.8 Å². The van der Waals surface area contributed by atoms with Crippen LogP contribution in [-0.4, -0.2) is 33.6 Å². The average Bonchev–Trinajstić information content (AvgIpc) is 3.02. The first kappa shape index (κ1) is 18.7. The Kier molecular flexibility index (Phi) is 3.77. The molecule has 1 aromatic carbocycles. The first-order valence-corrected chi connectivity index (χ1v) is 10.4. The molecular formula is C23H27NO5. The van der Waals surface area contributed by atoms with Crippen molar-refractivity contribution in [3.05, 3.63) is 30.4 Å². The lowest BCUT2D eigenvalue weighted by molar-refractivity contribution is -0.169. The van der Waals surface area contributed by atoms with Crippen molar-refractivity contribution in [1.82, 2.24) is 0 Å². The number of rotatable bonds is 4. The van der Waals surface area contributed by atoms with Crippen molar-refractivity contribution < 1.29 is 24.5 Å². The number of amides is 1. The summed E-state index contributed by atoms with van der Waals surface area (Å²) >= 11 is 0. The van der Waals surface area contributed by atoms with Gasteiger partial charge in [0.15, 0.2) is 5.78 Å². The Morgan fingerprint density at radius 1 is 1.28 bits per heavy atom. The zero-order valence-electron chi connectivity index (χ0n) is 16.8. The van der Waals surface area contributed by atoms with Gasteiger partial charge in [-0.3, -0.25) is 9.59 Å². The van der Waals surface area contributed by atoms with Gasteiger partial charge >= 0.3 is 0 Å². The van der Waals surface area contributed by atoms with Gasteiger partial charge < -0.3 is 20.3 Å². The number of ketones is 1. The summed E-state index contributed by atoms with van der Waals surface area (Å²) in [5.41, 5.74) is -0.737. The van der Waals surface area contributed by atoms with Gasteiger partial charge in [0.1, 0.15) is 17.2 Å². The summed E-state index contributed by atoms with van der Waals surface area (Å²) in [7, 11) is 0. The third-order valence-electron chi connectivity index (χ3n) is 8.07. The molecule has 4 bridgehead atoms. The predicted molar refractivity (Wildman–Crippen MR) is 106 cm³/mol. The molecule has 0 aromatic heterocycles. The highest BCUT2D eigenvalue weighted by Crippen LogP contribution is 2.71. The highest BCUT2D eigenvalue weighted by molar-refractivity contribution is 5.98. The largest absolute Gasteiger partial charge is 0.506 e. The fraction of sp³-hybridized carbons (Fsp3) is 0.565. The molecule has 154 valence electrons. The van der Waals surface area contributed by atoms with E-state index in [-0.39, 0.29) is 58.3 Å². The van der Waals surface area contributed by atoms with Crippen molar-refractivity contribution in [2.24, 2.45) is 22.7 Å². The number of phenolic OH excluding ortho intramolecular Hbond substituents is 2. The molecule has 6 atom stereocenters. The van der Waals surface area contributed by atoms with E-state index in [2.05, 4.69) is 18.3 Å². The van der Waals surface area contributed by atoms with Crippen molar-refractivity contribution >= 4 is 17.4 Å². The number of anilines is 1. The lowest BCUT2D eigenvalue weighted by Gasteiger charge is -2.55. The van der Waals surface area contributed by atoms with Crippen LogP contribution in [0.2, 0.25) is 0 Å². The summed E-state index contributed by atoms with van der Waals surface area (Å²) < 4.78 is 6.43. The Hall–Kier alpha value is -2.34. The van der Waals surface area contributed by atoms with Gasteiger partial charge in [-0.2, -0.15) is 0 Å². The van der Waals surface area contributed by atoms with Crippen molar-refractivity contribution in [2.75, 3.05) is 5.32 Å². The van der Waals surface area contributed by atoms with Crippen LogP contribution in [0, 0.1) is 22.7 Å². The van der Waals surface area contributed by atoms with Crippen LogP contribution in [0.5, 0.6) is 11.5 Å². The molecule has 1 amide bonds. The maximum atomic E-state index is 13.0. The number of hydrogen-bond acceptors (Lipinski definition) is 5. The van der Waals surface area contributed by atoms with E-state index >= 15 is 0 Å². The average molecular weight is 397 g/mol. The molecule has 4 fully saturated rings. The van der Waals surface area contributed by atoms with E-state index in [0.29, 0.717) is 12.3 Å². The lowest BCUT2D eigenvalue weighted by atomic mass is 9.51. The van der Waals surface area contributed by atoms with E-state index in [1.54, 1.807) is 6.08 Å². The Bertz CT molecular complexity index is 921. The molecule has 0 radical (unpaired) electrons. The highest BCUT2D eigenvalue weighted by atomic mass is 16.5. The van der Waals surface area contributed by atoms with Crippen LogP contribution in [0.15, 0.2) is 30.4 Å². The minimum atomic E-state index is -0.659. The van der Waals surface area contributed by atoms with Gasteiger partial charge in [0.05, 0.1) is 11.7 Å². The molecule has 29 heavy (non-hydrogen) atoms. The fourth-order valence-corrected chi connectivity index (χ4v) is 6.87. The molecule has 5 aliphatic rings. The van der Waals surface area contributed by atoms with Crippen LogP contribution in [0.4, 0.5) is 5.69 Å². The van der Waals surface area contributed by atoms with Crippen LogP contribution in [0.3, 0.4) is 0 Å². The summed E-state index contributed by atoms with van der Waals surface area (Å²) in [4.78, 5) is 25.6. The van der Waals surface area contributed by atoms with E-state index in [1.807, 2.05) is 6.92 Å².